The first-order valence-electron chi connectivity index (χ1n) is 11.6. The maximum absolute atomic E-state index is 15.0. The molecule has 4 rings (SSSR count). The fourth-order valence-electron chi connectivity index (χ4n) is 4.15. The molecule has 0 fully saturated rings. The number of aromatic nitrogens is 4. The largest absolute Gasteiger partial charge is 0.423 e. The van der Waals surface area contributed by atoms with Crippen LogP contribution in [0.2, 0.25) is 0 Å². The Bertz CT molecular complexity index is 1660. The lowest BCUT2D eigenvalue weighted by atomic mass is 10.0. The summed E-state index contributed by atoms with van der Waals surface area (Å²) in [6.07, 6.45) is -6.49. The molecule has 0 amide bonds. The van der Waals surface area contributed by atoms with Crippen LogP contribution in [0.5, 0.6) is 0 Å². The molecule has 7 nitrogen and oxygen atoms in total. The zero-order chi connectivity index (χ0) is 29.4. The van der Waals surface area contributed by atoms with Crippen LogP contribution in [0.4, 0.5) is 40.8 Å². The summed E-state index contributed by atoms with van der Waals surface area (Å²) in [7, 11) is 0. The van der Waals surface area contributed by atoms with Crippen LogP contribution in [-0.2, 0) is 18.9 Å². The molecule has 212 valence electrons. The molecule has 0 radical (unpaired) electrons. The first-order chi connectivity index (χ1) is 18.7. The number of fused-ring (bicyclic) bond motifs is 1. The van der Waals surface area contributed by atoms with Gasteiger partial charge in [0, 0.05) is 30.5 Å². The lowest BCUT2D eigenvalue weighted by Crippen LogP contribution is -2.27. The summed E-state index contributed by atoms with van der Waals surface area (Å²) >= 11 is 0. The Morgan fingerprint density at radius 3 is 2.35 bits per heavy atom. The highest BCUT2D eigenvalue weighted by molar-refractivity contribution is 5.87. The molecule has 0 spiro atoms. The lowest BCUT2D eigenvalue weighted by molar-refractivity contribution is -0.138. The first-order valence-corrected chi connectivity index (χ1v) is 11.6. The van der Waals surface area contributed by atoms with Crippen LogP contribution in [0, 0.1) is 11.6 Å². The second kappa shape index (κ2) is 10.7. The van der Waals surface area contributed by atoms with Crippen molar-refractivity contribution in [2.24, 2.45) is 0 Å². The number of aromatic amines is 1. The number of rotatable bonds is 7. The molecule has 2 N–H and O–H groups in total. The van der Waals surface area contributed by atoms with Crippen LogP contribution >= 0.6 is 0 Å². The van der Waals surface area contributed by atoms with Gasteiger partial charge in [0.25, 0.3) is 11.1 Å². The minimum Gasteiger partial charge on any atom is -0.381 e. The Morgan fingerprint density at radius 2 is 1.73 bits per heavy atom. The van der Waals surface area contributed by atoms with Gasteiger partial charge in [-0.15, -0.1) is 0 Å². The third-order valence-corrected chi connectivity index (χ3v) is 6.09. The van der Waals surface area contributed by atoms with E-state index in [2.05, 4.69) is 15.4 Å². The van der Waals surface area contributed by atoms with E-state index in [9.17, 15) is 44.7 Å². The maximum Gasteiger partial charge on any atom is 0.423 e. The third kappa shape index (κ3) is 5.82. The summed E-state index contributed by atoms with van der Waals surface area (Å²) in [5.41, 5.74) is -5.98. The van der Waals surface area contributed by atoms with Crippen molar-refractivity contribution in [3.8, 4) is 11.3 Å². The Balaban J connectivity index is 1.52. The number of hydrogen-bond donors (Lipinski definition) is 2. The molecule has 40 heavy (non-hydrogen) atoms. The van der Waals surface area contributed by atoms with Gasteiger partial charge in [0.2, 0.25) is 0 Å². The standard InChI is InChI=1S/C25H19F8N5O2/c1-12(36-17-11-35-37-22(39)19(17)25(31,32)33)3-2-7-38-8-6-13-9-15(20(26)21(27)18(13)23(38)40)16-5-4-14(10-34-16)24(28,29)30/h4-6,8-12H,2-3,7H2,1H3,(H2,36,37,39). The van der Waals surface area contributed by atoms with Crippen molar-refractivity contribution in [2.45, 2.75) is 44.7 Å². The number of H-pyrrole nitrogens is 1. The normalized spacial score (nSPS) is 13.0. The summed E-state index contributed by atoms with van der Waals surface area (Å²) in [5, 5.41) is 7.09. The third-order valence-electron chi connectivity index (χ3n) is 6.09. The van der Waals surface area contributed by atoms with Crippen molar-refractivity contribution in [2.75, 3.05) is 5.32 Å². The number of nitrogens with one attached hydrogen (secondary N) is 2. The fourth-order valence-corrected chi connectivity index (χ4v) is 4.15. The van der Waals surface area contributed by atoms with Gasteiger partial charge in [-0.05, 0) is 49.4 Å². The molecule has 1 aromatic carbocycles. The van der Waals surface area contributed by atoms with Crippen LogP contribution in [0.15, 0.2) is 52.4 Å². The van der Waals surface area contributed by atoms with E-state index in [1.165, 1.54) is 12.3 Å². The predicted molar refractivity (Wildman–Crippen MR) is 129 cm³/mol. The molecule has 0 saturated heterocycles. The van der Waals surface area contributed by atoms with Crippen LogP contribution in [0.25, 0.3) is 22.0 Å². The van der Waals surface area contributed by atoms with Crippen molar-refractivity contribution < 1.29 is 35.1 Å². The topological polar surface area (TPSA) is 92.7 Å². The van der Waals surface area contributed by atoms with E-state index < -0.39 is 68.9 Å². The molecule has 1 unspecified atom stereocenters. The Labute approximate surface area is 219 Å². The van der Waals surface area contributed by atoms with Crippen molar-refractivity contribution >= 4 is 16.5 Å². The number of nitrogens with zero attached hydrogens (tertiary/aromatic N) is 3. The summed E-state index contributed by atoms with van der Waals surface area (Å²) in [5.74, 6) is -2.95. The van der Waals surface area contributed by atoms with E-state index in [0.29, 0.717) is 12.3 Å². The van der Waals surface area contributed by atoms with Crippen molar-refractivity contribution in [1.82, 2.24) is 19.7 Å². The van der Waals surface area contributed by atoms with Gasteiger partial charge in [0.1, 0.15) is 5.56 Å². The highest BCUT2D eigenvalue weighted by Gasteiger charge is 2.37. The van der Waals surface area contributed by atoms with Gasteiger partial charge in [-0.2, -0.15) is 31.4 Å². The molecule has 1 atom stereocenters. The van der Waals surface area contributed by atoms with Gasteiger partial charge < -0.3 is 9.88 Å². The van der Waals surface area contributed by atoms with E-state index >= 15 is 0 Å². The van der Waals surface area contributed by atoms with Gasteiger partial charge >= 0.3 is 12.4 Å². The average molecular weight is 573 g/mol. The molecule has 3 aromatic heterocycles. The summed E-state index contributed by atoms with van der Waals surface area (Å²) < 4.78 is 109. The molecule has 4 aromatic rings. The molecular formula is C25H19F8N5O2. The van der Waals surface area contributed by atoms with Gasteiger partial charge in [0.05, 0.1) is 28.5 Å². The fraction of sp³-hybridized carbons (Fsp3) is 0.280. The average Bonchev–Trinajstić information content (AvgIpc) is 2.86. The van der Waals surface area contributed by atoms with Gasteiger partial charge in [0.15, 0.2) is 11.6 Å². The van der Waals surface area contributed by atoms with Crippen LogP contribution < -0.4 is 16.4 Å². The molecule has 0 saturated carbocycles. The summed E-state index contributed by atoms with van der Waals surface area (Å²) in [6, 6.07) is 3.41. The molecule has 0 bridgehead atoms. The van der Waals surface area contributed by atoms with Crippen LogP contribution in [-0.4, -0.2) is 25.8 Å². The number of anilines is 1. The first kappa shape index (κ1) is 28.7. The molecule has 3 heterocycles. The molecular weight excluding hydrogens is 554 g/mol. The molecule has 0 aliphatic rings. The van der Waals surface area contributed by atoms with E-state index in [4.69, 9.17) is 0 Å². The van der Waals surface area contributed by atoms with E-state index in [-0.39, 0.29) is 30.5 Å². The molecule has 0 aliphatic carbocycles. The second-order valence-corrected chi connectivity index (χ2v) is 8.93. The Kier molecular flexibility index (Phi) is 7.67. The quantitative estimate of drug-likeness (QED) is 0.275. The van der Waals surface area contributed by atoms with Crippen molar-refractivity contribution in [1.29, 1.82) is 0 Å². The van der Waals surface area contributed by atoms with E-state index in [0.717, 1.165) is 22.9 Å². The molecule has 15 heteroatoms. The minimum absolute atomic E-state index is 0.00378. The van der Waals surface area contributed by atoms with Gasteiger partial charge in [-0.25, -0.2) is 13.9 Å². The highest BCUT2D eigenvalue weighted by Crippen LogP contribution is 2.33. The number of halogens is 8. The highest BCUT2D eigenvalue weighted by atomic mass is 19.4. The number of alkyl halides is 6. The predicted octanol–water partition coefficient (Wildman–Crippen LogP) is 5.74. The van der Waals surface area contributed by atoms with Crippen molar-refractivity contribution in [3.05, 3.63) is 86.3 Å². The van der Waals surface area contributed by atoms with Crippen molar-refractivity contribution in [3.63, 3.8) is 0 Å². The minimum atomic E-state index is -4.92. The van der Waals surface area contributed by atoms with Gasteiger partial charge in [-0.1, -0.05) is 0 Å². The second-order valence-electron chi connectivity index (χ2n) is 8.93. The van der Waals surface area contributed by atoms with E-state index in [1.54, 1.807) is 12.0 Å². The zero-order valence-electron chi connectivity index (χ0n) is 20.4. The number of pyridine rings is 2. The van der Waals surface area contributed by atoms with Gasteiger partial charge in [-0.3, -0.25) is 14.6 Å². The number of benzene rings is 1. The SMILES string of the molecule is CC(CCCn1ccc2cc(-c3ccc(C(F)(F)F)cn3)c(F)c(F)c2c1=O)Nc1cn[nH]c(=O)c1C(F)(F)F. The molecule has 0 aliphatic heterocycles. The maximum atomic E-state index is 15.0. The van der Waals surface area contributed by atoms with Crippen LogP contribution in [0.3, 0.4) is 0 Å². The number of aryl methyl sites for hydroxylation is 1. The monoisotopic (exact) mass is 573 g/mol. The lowest BCUT2D eigenvalue weighted by Gasteiger charge is -2.18. The zero-order valence-corrected chi connectivity index (χ0v) is 20.4. The smallest absolute Gasteiger partial charge is 0.381 e. The van der Waals surface area contributed by atoms with Crippen LogP contribution in [0.1, 0.15) is 30.9 Å². The summed E-state index contributed by atoms with van der Waals surface area (Å²) in [6.45, 7) is 1.56. The Morgan fingerprint density at radius 1 is 1.00 bits per heavy atom. The summed E-state index contributed by atoms with van der Waals surface area (Å²) in [4.78, 5) is 28.1. The number of hydrogen-bond acceptors (Lipinski definition) is 5. The van der Waals surface area contributed by atoms with E-state index in [1.807, 2.05) is 0 Å². The Hall–Kier alpha value is -4.30.